The summed E-state index contributed by atoms with van der Waals surface area (Å²) in [5.74, 6) is 0.0349. The van der Waals surface area contributed by atoms with Crippen LogP contribution in [0.1, 0.15) is 28.2 Å². The molecular weight excluding hydrogens is 206 g/mol. The van der Waals surface area contributed by atoms with Gasteiger partial charge in [-0.25, -0.2) is 0 Å². The molecule has 5 nitrogen and oxygen atoms in total. The summed E-state index contributed by atoms with van der Waals surface area (Å²) in [5, 5.41) is 4.21. The van der Waals surface area contributed by atoms with Crippen molar-refractivity contribution in [3.8, 4) is 0 Å². The first-order valence-corrected chi connectivity index (χ1v) is 5.25. The van der Waals surface area contributed by atoms with Crippen molar-refractivity contribution < 1.29 is 9.53 Å². The molecule has 1 heterocycles. The summed E-state index contributed by atoms with van der Waals surface area (Å²) in [6.07, 6.45) is 0.293. The molecule has 0 fully saturated rings. The number of nitrogens with zero attached hydrogens (tertiary/aromatic N) is 2. The predicted molar refractivity (Wildman–Crippen MR) is 61.5 cm³/mol. The van der Waals surface area contributed by atoms with E-state index in [-0.39, 0.29) is 11.8 Å². The number of rotatable bonds is 5. The number of aryl methyl sites for hydroxylation is 2. The first-order chi connectivity index (χ1) is 7.47. The number of hydrogen-bond donors (Lipinski definition) is 1. The second-order valence-electron chi connectivity index (χ2n) is 4.01. The first kappa shape index (κ1) is 12.9. The molecule has 0 aromatic carbocycles. The number of methoxy groups -OCH3 is 1. The average Bonchev–Trinajstić information content (AvgIpc) is 2.41. The molecule has 0 aliphatic carbocycles. The van der Waals surface area contributed by atoms with Gasteiger partial charge in [0, 0.05) is 32.3 Å². The third-order valence-electron chi connectivity index (χ3n) is 2.62. The van der Waals surface area contributed by atoms with Crippen LogP contribution in [0, 0.1) is 13.8 Å². The fourth-order valence-electron chi connectivity index (χ4n) is 1.79. The van der Waals surface area contributed by atoms with E-state index in [1.54, 1.807) is 11.8 Å². The van der Waals surface area contributed by atoms with Crippen molar-refractivity contribution >= 4 is 5.78 Å². The third-order valence-corrected chi connectivity index (χ3v) is 2.62. The van der Waals surface area contributed by atoms with Gasteiger partial charge in [0.05, 0.1) is 17.9 Å². The van der Waals surface area contributed by atoms with Gasteiger partial charge in [0.15, 0.2) is 5.78 Å². The topological polar surface area (TPSA) is 70.1 Å². The molecule has 1 aromatic rings. The van der Waals surface area contributed by atoms with Gasteiger partial charge >= 0.3 is 0 Å². The Bertz CT molecular complexity index is 385. The molecule has 0 amide bonds. The van der Waals surface area contributed by atoms with Gasteiger partial charge in [-0.05, 0) is 13.8 Å². The molecule has 0 saturated heterocycles. The molecule has 5 heteroatoms. The van der Waals surface area contributed by atoms with E-state index in [9.17, 15) is 4.79 Å². The number of ketones is 1. The average molecular weight is 225 g/mol. The zero-order valence-corrected chi connectivity index (χ0v) is 10.3. The molecule has 1 aromatic heterocycles. The standard InChI is InChI=1S/C11H19N3O2/c1-7-11(8(2)14(3)13-7)10(15)5-9(12)6-16-4/h9H,5-6,12H2,1-4H3. The molecule has 0 aliphatic heterocycles. The number of carbonyl (C=O) groups is 1. The van der Waals surface area contributed by atoms with Gasteiger partial charge in [-0.3, -0.25) is 9.48 Å². The molecule has 0 bridgehead atoms. The molecule has 90 valence electrons. The van der Waals surface area contributed by atoms with Gasteiger partial charge in [0.25, 0.3) is 0 Å². The lowest BCUT2D eigenvalue weighted by Crippen LogP contribution is -2.28. The van der Waals surface area contributed by atoms with Gasteiger partial charge < -0.3 is 10.5 Å². The van der Waals surface area contributed by atoms with Crippen LogP contribution in [0.25, 0.3) is 0 Å². The summed E-state index contributed by atoms with van der Waals surface area (Å²) in [7, 11) is 3.40. The van der Waals surface area contributed by atoms with Crippen LogP contribution in [0.4, 0.5) is 0 Å². The maximum atomic E-state index is 12.0. The largest absolute Gasteiger partial charge is 0.383 e. The molecule has 1 rings (SSSR count). The van der Waals surface area contributed by atoms with Gasteiger partial charge in [0.1, 0.15) is 0 Å². The Kier molecular flexibility index (Phi) is 4.20. The van der Waals surface area contributed by atoms with Crippen molar-refractivity contribution in [1.82, 2.24) is 9.78 Å². The highest BCUT2D eigenvalue weighted by molar-refractivity contribution is 5.98. The van der Waals surface area contributed by atoms with Gasteiger partial charge in [-0.2, -0.15) is 5.10 Å². The number of Topliss-reactive ketones (excluding diaryl/α,β-unsaturated/α-hetero) is 1. The van der Waals surface area contributed by atoms with Gasteiger partial charge in [0.2, 0.25) is 0 Å². The lowest BCUT2D eigenvalue weighted by Gasteiger charge is -2.09. The number of nitrogens with two attached hydrogens (primary N) is 1. The fourth-order valence-corrected chi connectivity index (χ4v) is 1.79. The molecule has 0 radical (unpaired) electrons. The Morgan fingerprint density at radius 1 is 1.56 bits per heavy atom. The molecule has 0 saturated carbocycles. The number of hydrogen-bond acceptors (Lipinski definition) is 4. The molecule has 0 spiro atoms. The summed E-state index contributed by atoms with van der Waals surface area (Å²) < 4.78 is 6.62. The SMILES string of the molecule is COCC(N)CC(=O)c1c(C)nn(C)c1C. The van der Waals surface area contributed by atoms with E-state index in [0.717, 1.165) is 11.4 Å². The van der Waals surface area contributed by atoms with Crippen LogP contribution in [0.2, 0.25) is 0 Å². The molecule has 16 heavy (non-hydrogen) atoms. The van der Waals surface area contributed by atoms with Crippen molar-refractivity contribution in [3.63, 3.8) is 0 Å². The zero-order chi connectivity index (χ0) is 12.3. The molecule has 1 unspecified atom stereocenters. The van der Waals surface area contributed by atoms with E-state index < -0.39 is 0 Å². The smallest absolute Gasteiger partial charge is 0.168 e. The summed E-state index contributed by atoms with van der Waals surface area (Å²) in [5.41, 5.74) is 8.09. The summed E-state index contributed by atoms with van der Waals surface area (Å²) in [4.78, 5) is 12.0. The minimum absolute atomic E-state index is 0.0349. The molecule has 2 N–H and O–H groups in total. The van der Waals surface area contributed by atoms with E-state index in [1.807, 2.05) is 20.9 Å². The fraction of sp³-hybridized carbons (Fsp3) is 0.636. The van der Waals surface area contributed by atoms with Crippen LogP contribution in [0.3, 0.4) is 0 Å². The first-order valence-electron chi connectivity index (χ1n) is 5.25. The summed E-state index contributed by atoms with van der Waals surface area (Å²) in [6, 6.07) is -0.253. The van der Waals surface area contributed by atoms with Crippen LogP contribution < -0.4 is 5.73 Å². The van der Waals surface area contributed by atoms with Crippen LogP contribution in [-0.2, 0) is 11.8 Å². The van der Waals surface area contributed by atoms with Gasteiger partial charge in [-0.1, -0.05) is 0 Å². The number of aromatic nitrogens is 2. The van der Waals surface area contributed by atoms with Crippen LogP contribution in [-0.4, -0.2) is 35.3 Å². The van der Waals surface area contributed by atoms with E-state index in [2.05, 4.69) is 5.10 Å². The summed E-state index contributed by atoms with van der Waals surface area (Å²) >= 11 is 0. The Morgan fingerprint density at radius 2 is 2.19 bits per heavy atom. The summed E-state index contributed by atoms with van der Waals surface area (Å²) in [6.45, 7) is 4.11. The van der Waals surface area contributed by atoms with E-state index in [0.29, 0.717) is 18.6 Å². The normalized spacial score (nSPS) is 12.8. The predicted octanol–water partition coefficient (Wildman–Crippen LogP) is 0.583. The number of ether oxygens (including phenoxy) is 1. The second kappa shape index (κ2) is 5.23. The maximum absolute atomic E-state index is 12.0. The van der Waals surface area contributed by atoms with Crippen molar-refractivity contribution in [1.29, 1.82) is 0 Å². The highest BCUT2D eigenvalue weighted by Crippen LogP contribution is 2.14. The second-order valence-corrected chi connectivity index (χ2v) is 4.01. The van der Waals surface area contributed by atoms with Crippen molar-refractivity contribution in [3.05, 3.63) is 17.0 Å². The maximum Gasteiger partial charge on any atom is 0.168 e. The van der Waals surface area contributed by atoms with Crippen molar-refractivity contribution in [2.75, 3.05) is 13.7 Å². The highest BCUT2D eigenvalue weighted by Gasteiger charge is 2.19. The van der Waals surface area contributed by atoms with E-state index in [1.165, 1.54) is 0 Å². The highest BCUT2D eigenvalue weighted by atomic mass is 16.5. The van der Waals surface area contributed by atoms with Crippen LogP contribution >= 0.6 is 0 Å². The van der Waals surface area contributed by atoms with Crippen LogP contribution in [0.5, 0.6) is 0 Å². The lowest BCUT2D eigenvalue weighted by atomic mass is 10.0. The van der Waals surface area contributed by atoms with Crippen molar-refractivity contribution in [2.24, 2.45) is 12.8 Å². The molecular formula is C11H19N3O2. The molecule has 0 aliphatic rings. The quantitative estimate of drug-likeness (QED) is 0.744. The van der Waals surface area contributed by atoms with Crippen LogP contribution in [0.15, 0.2) is 0 Å². The minimum atomic E-state index is -0.253. The minimum Gasteiger partial charge on any atom is -0.383 e. The third kappa shape index (κ3) is 2.68. The number of carbonyl (C=O) groups excluding carboxylic acids is 1. The molecule has 1 atom stereocenters. The van der Waals surface area contributed by atoms with E-state index in [4.69, 9.17) is 10.5 Å². The Balaban J connectivity index is 2.80. The lowest BCUT2D eigenvalue weighted by molar-refractivity contribution is 0.0948. The Morgan fingerprint density at radius 3 is 2.62 bits per heavy atom. The van der Waals surface area contributed by atoms with E-state index >= 15 is 0 Å². The zero-order valence-electron chi connectivity index (χ0n) is 10.3. The van der Waals surface area contributed by atoms with Gasteiger partial charge in [-0.15, -0.1) is 0 Å². The Labute approximate surface area is 95.6 Å². The van der Waals surface area contributed by atoms with Crippen molar-refractivity contribution in [2.45, 2.75) is 26.3 Å². The Hall–Kier alpha value is -1.20. The monoisotopic (exact) mass is 225 g/mol.